The molecule has 0 spiro atoms. The van der Waals surface area contributed by atoms with E-state index in [9.17, 15) is 0 Å². The molecule has 4 nitrogen and oxygen atoms in total. The van der Waals surface area contributed by atoms with Gasteiger partial charge in [-0.2, -0.15) is 5.10 Å². The van der Waals surface area contributed by atoms with E-state index < -0.39 is 0 Å². The van der Waals surface area contributed by atoms with Crippen LogP contribution in [0, 0.1) is 0 Å². The van der Waals surface area contributed by atoms with E-state index in [2.05, 4.69) is 20.2 Å². The molecular weight excluding hydrogens is 196 g/mol. The molecule has 0 saturated carbocycles. The number of nitrogens with one attached hydrogen (secondary N) is 1. The summed E-state index contributed by atoms with van der Waals surface area (Å²) in [6, 6.07) is 0. The maximum atomic E-state index is 3.94. The summed E-state index contributed by atoms with van der Waals surface area (Å²) < 4.78 is 0. The van der Waals surface area contributed by atoms with Crippen molar-refractivity contribution >= 4 is 28.0 Å². The van der Waals surface area contributed by atoms with Crippen LogP contribution in [0.5, 0.6) is 0 Å². The predicted octanol–water partition coefficient (Wildman–Crippen LogP) is 0.931. The molecular formula is C5H5BrN4. The minimum absolute atomic E-state index is 0. The molecule has 0 unspecified atom stereocenters. The van der Waals surface area contributed by atoms with Gasteiger partial charge >= 0.3 is 0 Å². The fraction of sp³-hybridized carbons (Fsp3) is 0. The van der Waals surface area contributed by atoms with Crippen LogP contribution in [0.2, 0.25) is 0 Å². The molecule has 2 aromatic heterocycles. The van der Waals surface area contributed by atoms with E-state index >= 15 is 0 Å². The van der Waals surface area contributed by atoms with E-state index in [4.69, 9.17) is 0 Å². The summed E-state index contributed by atoms with van der Waals surface area (Å²) in [5.41, 5.74) is 1.72. The van der Waals surface area contributed by atoms with Gasteiger partial charge in [0.1, 0.15) is 17.4 Å². The van der Waals surface area contributed by atoms with Gasteiger partial charge in [0.2, 0.25) is 0 Å². The van der Waals surface area contributed by atoms with Crippen LogP contribution in [0.15, 0.2) is 18.7 Å². The number of H-pyrrole nitrogens is 1. The maximum Gasteiger partial charge on any atom is 0.116 e. The van der Waals surface area contributed by atoms with E-state index in [-0.39, 0.29) is 17.0 Å². The van der Waals surface area contributed by atoms with Crippen LogP contribution in [0.1, 0.15) is 0 Å². The fourth-order valence-corrected chi connectivity index (χ4v) is 0.691. The van der Waals surface area contributed by atoms with Crippen LogP contribution in [0.4, 0.5) is 0 Å². The lowest BCUT2D eigenvalue weighted by atomic mass is 10.5. The molecule has 0 saturated heterocycles. The van der Waals surface area contributed by atoms with E-state index in [1.165, 1.54) is 6.33 Å². The molecule has 10 heavy (non-hydrogen) atoms. The van der Waals surface area contributed by atoms with Crippen molar-refractivity contribution in [3.05, 3.63) is 18.7 Å². The van der Waals surface area contributed by atoms with Crippen LogP contribution in [0.3, 0.4) is 0 Å². The summed E-state index contributed by atoms with van der Waals surface area (Å²) in [5.74, 6) is 0. The number of fused-ring (bicyclic) bond motifs is 1. The predicted molar refractivity (Wildman–Crippen MR) is 42.0 cm³/mol. The third-order valence-corrected chi connectivity index (χ3v) is 1.11. The zero-order chi connectivity index (χ0) is 6.10. The van der Waals surface area contributed by atoms with Crippen molar-refractivity contribution < 1.29 is 0 Å². The SMILES string of the molecule is Br.c1ncc2[nH]ncc2n1. The first kappa shape index (κ1) is 7.14. The monoisotopic (exact) mass is 200 g/mol. The van der Waals surface area contributed by atoms with E-state index in [0.717, 1.165) is 11.0 Å². The van der Waals surface area contributed by atoms with Crippen molar-refractivity contribution in [1.29, 1.82) is 0 Å². The third kappa shape index (κ3) is 0.995. The van der Waals surface area contributed by atoms with Crippen LogP contribution in [-0.4, -0.2) is 20.2 Å². The number of aromatic nitrogens is 4. The number of aromatic amines is 1. The molecule has 0 aromatic carbocycles. The first-order chi connectivity index (χ1) is 4.47. The maximum absolute atomic E-state index is 3.94. The highest BCUT2D eigenvalue weighted by Crippen LogP contribution is 2.00. The topological polar surface area (TPSA) is 54.5 Å². The Morgan fingerprint density at radius 2 is 2.20 bits per heavy atom. The Balaban J connectivity index is 0.000000500. The molecule has 0 fully saturated rings. The van der Waals surface area contributed by atoms with E-state index in [0.29, 0.717) is 0 Å². The van der Waals surface area contributed by atoms with Crippen molar-refractivity contribution in [3.8, 4) is 0 Å². The van der Waals surface area contributed by atoms with Gasteiger partial charge in [0.25, 0.3) is 0 Å². The number of rotatable bonds is 0. The molecule has 0 radical (unpaired) electrons. The van der Waals surface area contributed by atoms with Crippen molar-refractivity contribution in [1.82, 2.24) is 20.2 Å². The molecule has 2 rings (SSSR count). The average Bonchev–Trinajstić information content (AvgIpc) is 2.33. The number of halogens is 1. The lowest BCUT2D eigenvalue weighted by Gasteiger charge is -1.80. The molecule has 52 valence electrons. The quantitative estimate of drug-likeness (QED) is 0.689. The van der Waals surface area contributed by atoms with E-state index in [1.807, 2.05) is 0 Å². The zero-order valence-electron chi connectivity index (χ0n) is 4.98. The molecule has 0 aliphatic carbocycles. The lowest BCUT2D eigenvalue weighted by Crippen LogP contribution is -1.74. The van der Waals surface area contributed by atoms with Gasteiger partial charge in [-0.3, -0.25) is 5.10 Å². The molecule has 0 aliphatic heterocycles. The lowest BCUT2D eigenvalue weighted by molar-refractivity contribution is 1.11. The van der Waals surface area contributed by atoms with Gasteiger partial charge in [0, 0.05) is 0 Å². The summed E-state index contributed by atoms with van der Waals surface area (Å²) in [6.45, 7) is 0. The van der Waals surface area contributed by atoms with Gasteiger partial charge in [-0.15, -0.1) is 17.0 Å². The molecule has 2 aromatic rings. The molecule has 5 heteroatoms. The summed E-state index contributed by atoms with van der Waals surface area (Å²) >= 11 is 0. The summed E-state index contributed by atoms with van der Waals surface area (Å²) in [5, 5.41) is 6.52. The van der Waals surface area contributed by atoms with Crippen molar-refractivity contribution in [2.45, 2.75) is 0 Å². The van der Waals surface area contributed by atoms with Crippen LogP contribution >= 0.6 is 17.0 Å². The van der Waals surface area contributed by atoms with Crippen LogP contribution in [0.25, 0.3) is 11.0 Å². The van der Waals surface area contributed by atoms with Gasteiger partial charge < -0.3 is 0 Å². The van der Waals surface area contributed by atoms with Crippen molar-refractivity contribution in [2.75, 3.05) is 0 Å². The minimum atomic E-state index is 0. The molecule has 0 aliphatic rings. The second-order valence-electron chi connectivity index (χ2n) is 1.69. The number of hydrogen-bond donors (Lipinski definition) is 1. The minimum Gasteiger partial charge on any atom is -0.275 e. The van der Waals surface area contributed by atoms with Gasteiger partial charge in [-0.1, -0.05) is 0 Å². The second-order valence-corrected chi connectivity index (χ2v) is 1.69. The highest BCUT2D eigenvalue weighted by atomic mass is 79.9. The Kier molecular flexibility index (Phi) is 1.96. The highest BCUT2D eigenvalue weighted by molar-refractivity contribution is 8.93. The van der Waals surface area contributed by atoms with Crippen LogP contribution in [-0.2, 0) is 0 Å². The zero-order valence-corrected chi connectivity index (χ0v) is 6.70. The van der Waals surface area contributed by atoms with Gasteiger partial charge in [0.05, 0.1) is 12.4 Å². The first-order valence-corrected chi connectivity index (χ1v) is 2.56. The van der Waals surface area contributed by atoms with Crippen molar-refractivity contribution in [3.63, 3.8) is 0 Å². The standard InChI is InChI=1S/C5H4N4.BrH/c1-5-4(2-8-9-5)7-3-6-1;/h1-3H,(H,8,9);1H. The Hall–Kier alpha value is -0.970. The van der Waals surface area contributed by atoms with E-state index in [1.54, 1.807) is 12.4 Å². The van der Waals surface area contributed by atoms with Gasteiger partial charge in [0.15, 0.2) is 0 Å². The first-order valence-electron chi connectivity index (χ1n) is 2.56. The molecule has 1 N–H and O–H groups in total. The second kappa shape index (κ2) is 2.74. The fourth-order valence-electron chi connectivity index (χ4n) is 0.691. The summed E-state index contributed by atoms with van der Waals surface area (Å²) in [4.78, 5) is 7.74. The molecule has 2 heterocycles. The Morgan fingerprint density at radius 1 is 1.30 bits per heavy atom. The Labute approximate surface area is 67.5 Å². The normalized spacial score (nSPS) is 9.20. The van der Waals surface area contributed by atoms with Crippen LogP contribution < -0.4 is 0 Å². The summed E-state index contributed by atoms with van der Waals surface area (Å²) in [7, 11) is 0. The van der Waals surface area contributed by atoms with Crippen molar-refractivity contribution in [2.24, 2.45) is 0 Å². The highest BCUT2D eigenvalue weighted by Gasteiger charge is 1.90. The molecule has 0 amide bonds. The number of nitrogens with zero attached hydrogens (tertiary/aromatic N) is 3. The third-order valence-electron chi connectivity index (χ3n) is 1.11. The Bertz CT molecular complexity index is 288. The largest absolute Gasteiger partial charge is 0.275 e. The average molecular weight is 201 g/mol. The smallest absolute Gasteiger partial charge is 0.116 e. The number of hydrogen-bond acceptors (Lipinski definition) is 3. The Morgan fingerprint density at radius 3 is 3.00 bits per heavy atom. The molecule has 0 atom stereocenters. The summed E-state index contributed by atoms with van der Waals surface area (Å²) in [6.07, 6.45) is 4.85. The van der Waals surface area contributed by atoms with Gasteiger partial charge in [-0.25, -0.2) is 9.97 Å². The van der Waals surface area contributed by atoms with Gasteiger partial charge in [-0.05, 0) is 0 Å². The molecule has 0 bridgehead atoms.